The van der Waals surface area contributed by atoms with Crippen molar-refractivity contribution in [1.82, 2.24) is 0 Å². The zero-order valence-corrected chi connectivity index (χ0v) is 9.43. The van der Waals surface area contributed by atoms with E-state index in [0.29, 0.717) is 6.42 Å². The van der Waals surface area contributed by atoms with E-state index in [1.165, 1.54) is 13.8 Å². The minimum atomic E-state index is -4.12. The Balaban J connectivity index is 4.27. The maximum absolute atomic E-state index is 11.0. The summed E-state index contributed by atoms with van der Waals surface area (Å²) < 4.78 is 34.6. The van der Waals surface area contributed by atoms with Crippen LogP contribution in [0, 0.1) is 0 Å². The molecule has 1 N–H and O–H groups in total. The van der Waals surface area contributed by atoms with Crippen molar-refractivity contribution in [2.45, 2.75) is 39.2 Å². The predicted octanol–water partition coefficient (Wildman–Crippen LogP) is 0.996. The molecule has 0 spiro atoms. The van der Waals surface area contributed by atoms with Crippen LogP contribution in [0.1, 0.15) is 33.6 Å². The molecule has 0 fully saturated rings. The van der Waals surface area contributed by atoms with Gasteiger partial charge in [0, 0.05) is 6.42 Å². The van der Waals surface area contributed by atoms with Crippen LogP contribution in [0.5, 0.6) is 0 Å². The second-order valence-corrected chi connectivity index (χ2v) is 5.16. The molecule has 0 saturated carbocycles. The van der Waals surface area contributed by atoms with Crippen LogP contribution in [0.4, 0.5) is 0 Å². The lowest BCUT2D eigenvalue weighted by molar-refractivity contribution is -0.154. The van der Waals surface area contributed by atoms with Gasteiger partial charge < -0.3 is 4.74 Å². The van der Waals surface area contributed by atoms with E-state index in [1.807, 2.05) is 6.92 Å². The third-order valence-corrected chi connectivity index (χ3v) is 2.43. The van der Waals surface area contributed by atoms with E-state index in [2.05, 4.69) is 0 Å². The summed E-state index contributed by atoms with van der Waals surface area (Å²) in [6.07, 6.45) is 0.885. The zero-order valence-electron chi connectivity index (χ0n) is 8.61. The molecule has 0 aromatic heterocycles. The maximum atomic E-state index is 11.0. The van der Waals surface area contributed by atoms with Crippen molar-refractivity contribution in [2.75, 3.05) is 5.75 Å². The van der Waals surface area contributed by atoms with Gasteiger partial charge in [0.25, 0.3) is 10.1 Å². The van der Waals surface area contributed by atoms with Crippen LogP contribution >= 0.6 is 0 Å². The first-order valence-corrected chi connectivity index (χ1v) is 5.94. The smallest absolute Gasteiger partial charge is 0.306 e. The Morgan fingerprint density at radius 2 is 1.93 bits per heavy atom. The summed E-state index contributed by atoms with van der Waals surface area (Å²) in [4.78, 5) is 11.0. The SMILES string of the molecule is CCCC(=O)OC(C)(C)CS(=O)(=O)O. The van der Waals surface area contributed by atoms with Crippen LogP contribution in [-0.2, 0) is 19.6 Å². The van der Waals surface area contributed by atoms with Gasteiger partial charge in [-0.15, -0.1) is 0 Å². The van der Waals surface area contributed by atoms with Gasteiger partial charge in [-0.3, -0.25) is 9.35 Å². The van der Waals surface area contributed by atoms with Crippen molar-refractivity contribution < 1.29 is 22.5 Å². The summed E-state index contributed by atoms with van der Waals surface area (Å²) in [6, 6.07) is 0. The monoisotopic (exact) mass is 224 g/mol. The Morgan fingerprint density at radius 1 is 1.43 bits per heavy atom. The van der Waals surface area contributed by atoms with Crippen molar-refractivity contribution in [3.8, 4) is 0 Å². The van der Waals surface area contributed by atoms with E-state index in [0.717, 1.165) is 0 Å². The number of ether oxygens (including phenoxy) is 1. The fourth-order valence-corrected chi connectivity index (χ4v) is 1.97. The first-order chi connectivity index (χ1) is 6.16. The summed E-state index contributed by atoms with van der Waals surface area (Å²) in [7, 11) is -4.12. The molecule has 0 aliphatic carbocycles. The normalized spacial score (nSPS) is 12.6. The van der Waals surface area contributed by atoms with Gasteiger partial charge in [-0.1, -0.05) is 6.92 Å². The van der Waals surface area contributed by atoms with E-state index in [9.17, 15) is 13.2 Å². The van der Waals surface area contributed by atoms with Crippen molar-refractivity contribution >= 4 is 16.1 Å². The van der Waals surface area contributed by atoms with Crippen LogP contribution in [0.2, 0.25) is 0 Å². The molecule has 0 aliphatic heterocycles. The largest absolute Gasteiger partial charge is 0.458 e. The van der Waals surface area contributed by atoms with E-state index in [-0.39, 0.29) is 6.42 Å². The molecule has 0 atom stereocenters. The molecule has 84 valence electrons. The van der Waals surface area contributed by atoms with Crippen molar-refractivity contribution in [3.05, 3.63) is 0 Å². The number of rotatable bonds is 5. The van der Waals surface area contributed by atoms with Crippen LogP contribution in [-0.4, -0.2) is 30.3 Å². The molecule has 0 aliphatic rings. The lowest BCUT2D eigenvalue weighted by Crippen LogP contribution is -2.35. The lowest BCUT2D eigenvalue weighted by Gasteiger charge is -2.23. The van der Waals surface area contributed by atoms with Crippen molar-refractivity contribution in [3.63, 3.8) is 0 Å². The number of carbonyl (C=O) groups excluding carboxylic acids is 1. The van der Waals surface area contributed by atoms with Crippen LogP contribution in [0.15, 0.2) is 0 Å². The first kappa shape index (κ1) is 13.4. The maximum Gasteiger partial charge on any atom is 0.306 e. The Morgan fingerprint density at radius 3 is 2.29 bits per heavy atom. The van der Waals surface area contributed by atoms with Gasteiger partial charge in [-0.25, -0.2) is 0 Å². The summed E-state index contributed by atoms with van der Waals surface area (Å²) >= 11 is 0. The molecule has 5 nitrogen and oxygen atoms in total. The first-order valence-electron chi connectivity index (χ1n) is 4.33. The second-order valence-electron chi connectivity index (χ2n) is 3.71. The van der Waals surface area contributed by atoms with E-state index < -0.39 is 27.4 Å². The average Bonchev–Trinajstić information content (AvgIpc) is 1.78. The summed E-state index contributed by atoms with van der Waals surface area (Å²) in [5.41, 5.74) is -1.18. The Bertz CT molecular complexity index is 291. The Kier molecular flexibility index (Phi) is 4.54. The minimum Gasteiger partial charge on any atom is -0.458 e. The zero-order chi connectivity index (χ0) is 11.4. The molecular formula is C8H16O5S. The van der Waals surface area contributed by atoms with E-state index in [1.54, 1.807) is 0 Å². The highest BCUT2D eigenvalue weighted by molar-refractivity contribution is 7.85. The summed E-state index contributed by atoms with van der Waals surface area (Å²) in [5, 5.41) is 0. The highest BCUT2D eigenvalue weighted by Crippen LogP contribution is 2.13. The lowest BCUT2D eigenvalue weighted by atomic mass is 10.2. The quantitative estimate of drug-likeness (QED) is 0.556. The van der Waals surface area contributed by atoms with Crippen LogP contribution < -0.4 is 0 Å². The van der Waals surface area contributed by atoms with Gasteiger partial charge in [-0.2, -0.15) is 8.42 Å². The molecule has 0 amide bonds. The minimum absolute atomic E-state index is 0.245. The molecule has 0 aromatic carbocycles. The second kappa shape index (κ2) is 4.75. The summed E-state index contributed by atoms with van der Waals surface area (Å²) in [6.45, 7) is 4.69. The molecule has 0 bridgehead atoms. The molecule has 0 aromatic rings. The highest BCUT2D eigenvalue weighted by Gasteiger charge is 2.28. The Labute approximate surface area is 84.2 Å². The van der Waals surface area contributed by atoms with E-state index >= 15 is 0 Å². The topological polar surface area (TPSA) is 80.7 Å². The highest BCUT2D eigenvalue weighted by atomic mass is 32.2. The van der Waals surface area contributed by atoms with Gasteiger partial charge in [0.05, 0.1) is 0 Å². The molecule has 0 rings (SSSR count). The summed E-state index contributed by atoms with van der Waals surface area (Å²) in [5.74, 6) is -1.05. The van der Waals surface area contributed by atoms with E-state index in [4.69, 9.17) is 9.29 Å². The third-order valence-electron chi connectivity index (χ3n) is 1.37. The molecule has 6 heteroatoms. The fourth-order valence-electron chi connectivity index (χ4n) is 1.03. The molecule has 0 saturated heterocycles. The molecular weight excluding hydrogens is 208 g/mol. The van der Waals surface area contributed by atoms with Gasteiger partial charge in [0.15, 0.2) is 0 Å². The van der Waals surface area contributed by atoms with Gasteiger partial charge in [0.1, 0.15) is 11.4 Å². The van der Waals surface area contributed by atoms with Gasteiger partial charge in [-0.05, 0) is 20.3 Å². The molecule has 0 unspecified atom stereocenters. The fraction of sp³-hybridized carbons (Fsp3) is 0.875. The van der Waals surface area contributed by atoms with Crippen LogP contribution in [0.3, 0.4) is 0 Å². The van der Waals surface area contributed by atoms with Gasteiger partial charge >= 0.3 is 5.97 Å². The number of hydrogen-bond donors (Lipinski definition) is 1. The predicted molar refractivity (Wildman–Crippen MR) is 51.5 cm³/mol. The van der Waals surface area contributed by atoms with Crippen molar-refractivity contribution in [2.24, 2.45) is 0 Å². The van der Waals surface area contributed by atoms with Gasteiger partial charge in [0.2, 0.25) is 0 Å². The molecule has 0 radical (unpaired) electrons. The number of esters is 1. The average molecular weight is 224 g/mol. The Hall–Kier alpha value is -0.620. The van der Waals surface area contributed by atoms with Crippen molar-refractivity contribution in [1.29, 1.82) is 0 Å². The number of carbonyl (C=O) groups is 1. The standard InChI is InChI=1S/C8H16O5S/c1-4-5-7(9)13-8(2,3)6-14(10,11)12/h4-6H2,1-3H3,(H,10,11,12). The molecule has 14 heavy (non-hydrogen) atoms. The van der Waals surface area contributed by atoms with Crippen LogP contribution in [0.25, 0.3) is 0 Å². The molecule has 0 heterocycles. The number of hydrogen-bond acceptors (Lipinski definition) is 4. The third kappa shape index (κ3) is 6.85.